The lowest BCUT2D eigenvalue weighted by Gasteiger charge is -2.29. The topological polar surface area (TPSA) is 61.6 Å². The van der Waals surface area contributed by atoms with Gasteiger partial charge in [-0.05, 0) is 35.0 Å². The number of hydrazine groups is 1. The predicted molar refractivity (Wildman–Crippen MR) is 62.2 cm³/mol. The minimum Gasteiger partial charge on any atom is -0.308 e. The molecule has 5 nitrogen and oxygen atoms in total. The molecule has 0 aliphatic carbocycles. The maximum Gasteiger partial charge on any atom is 0.240 e. The molecule has 15 heavy (non-hydrogen) atoms. The molecule has 0 aromatic carbocycles. The Labute approximate surface area is 92.6 Å². The zero-order valence-electron chi connectivity index (χ0n) is 10.5. The van der Waals surface area contributed by atoms with Crippen LogP contribution in [0.4, 0.5) is 0 Å². The summed E-state index contributed by atoms with van der Waals surface area (Å²) in [7, 11) is 6.08. The fourth-order valence-electron chi connectivity index (χ4n) is 1.39. The molecule has 0 bridgehead atoms. The molecule has 0 atom stereocenters. The fourth-order valence-corrected chi connectivity index (χ4v) is 1.39. The Balaban J connectivity index is 4.04. The van der Waals surface area contributed by atoms with Crippen molar-refractivity contribution >= 4 is 5.91 Å². The molecule has 0 rings (SSSR count). The Kier molecular flexibility index (Phi) is 5.79. The van der Waals surface area contributed by atoms with Gasteiger partial charge in [-0.2, -0.15) is 0 Å². The lowest BCUT2D eigenvalue weighted by Crippen LogP contribution is -2.47. The van der Waals surface area contributed by atoms with Crippen molar-refractivity contribution in [3.63, 3.8) is 0 Å². The highest BCUT2D eigenvalue weighted by Gasteiger charge is 2.28. The van der Waals surface area contributed by atoms with E-state index in [1.807, 2.05) is 35.0 Å². The van der Waals surface area contributed by atoms with E-state index in [9.17, 15) is 4.79 Å². The largest absolute Gasteiger partial charge is 0.308 e. The number of hydrogen-bond donors (Lipinski definition) is 2. The molecule has 0 radical (unpaired) electrons. The van der Waals surface area contributed by atoms with Gasteiger partial charge in [-0.15, -0.1) is 0 Å². The first kappa shape index (κ1) is 14.3. The number of carbonyl (C=O) groups excluding carboxylic acids is 1. The summed E-state index contributed by atoms with van der Waals surface area (Å²) in [6, 6.07) is 0. The molecule has 90 valence electrons. The first-order chi connectivity index (χ1) is 6.79. The van der Waals surface area contributed by atoms with Crippen molar-refractivity contribution in [1.29, 1.82) is 0 Å². The lowest BCUT2D eigenvalue weighted by molar-refractivity contribution is -0.130. The number of rotatable bonds is 6. The van der Waals surface area contributed by atoms with Gasteiger partial charge in [0.2, 0.25) is 5.91 Å². The van der Waals surface area contributed by atoms with Crippen molar-refractivity contribution in [2.24, 2.45) is 11.3 Å². The van der Waals surface area contributed by atoms with Crippen molar-refractivity contribution in [2.45, 2.75) is 13.8 Å². The third kappa shape index (κ3) is 5.71. The molecule has 0 fully saturated rings. The van der Waals surface area contributed by atoms with Crippen molar-refractivity contribution in [1.82, 2.24) is 15.2 Å². The van der Waals surface area contributed by atoms with Gasteiger partial charge in [0.15, 0.2) is 0 Å². The van der Waals surface area contributed by atoms with E-state index in [1.54, 1.807) is 0 Å². The second-order valence-electron chi connectivity index (χ2n) is 4.90. The molecule has 0 spiro atoms. The SMILES string of the molecule is CN(C)CCN(C)CC(C)(C)C(=O)NN. The third-order valence-corrected chi connectivity index (χ3v) is 2.34. The van der Waals surface area contributed by atoms with E-state index >= 15 is 0 Å². The summed E-state index contributed by atoms with van der Waals surface area (Å²) in [6.07, 6.45) is 0. The summed E-state index contributed by atoms with van der Waals surface area (Å²) >= 11 is 0. The van der Waals surface area contributed by atoms with E-state index in [2.05, 4.69) is 15.2 Å². The van der Waals surface area contributed by atoms with Crippen LogP contribution < -0.4 is 11.3 Å². The third-order valence-electron chi connectivity index (χ3n) is 2.34. The molecule has 0 saturated carbocycles. The summed E-state index contributed by atoms with van der Waals surface area (Å²) in [6.45, 7) is 6.40. The molecule has 0 aliphatic heterocycles. The number of nitrogens with one attached hydrogen (secondary N) is 1. The van der Waals surface area contributed by atoms with Gasteiger partial charge in [0, 0.05) is 19.6 Å². The van der Waals surface area contributed by atoms with E-state index < -0.39 is 5.41 Å². The Morgan fingerprint density at radius 3 is 2.20 bits per heavy atom. The molecular weight excluding hydrogens is 192 g/mol. The van der Waals surface area contributed by atoms with E-state index in [0.717, 1.165) is 13.1 Å². The van der Waals surface area contributed by atoms with E-state index in [-0.39, 0.29) is 5.91 Å². The van der Waals surface area contributed by atoms with Crippen molar-refractivity contribution in [2.75, 3.05) is 40.8 Å². The highest BCUT2D eigenvalue weighted by Crippen LogP contribution is 2.15. The van der Waals surface area contributed by atoms with Crippen LogP contribution in [0.5, 0.6) is 0 Å². The van der Waals surface area contributed by atoms with Gasteiger partial charge in [-0.25, -0.2) is 5.84 Å². The maximum absolute atomic E-state index is 11.4. The Morgan fingerprint density at radius 1 is 1.27 bits per heavy atom. The normalized spacial score (nSPS) is 12.3. The second-order valence-corrected chi connectivity index (χ2v) is 4.90. The monoisotopic (exact) mass is 216 g/mol. The summed E-state index contributed by atoms with van der Waals surface area (Å²) in [5, 5.41) is 0. The number of likely N-dealkylation sites (N-methyl/N-ethyl adjacent to an activating group) is 2. The number of hydrogen-bond acceptors (Lipinski definition) is 4. The summed E-state index contributed by atoms with van der Waals surface area (Å²) in [5.41, 5.74) is 1.75. The number of amides is 1. The van der Waals surface area contributed by atoms with Crippen molar-refractivity contribution < 1.29 is 4.79 Å². The zero-order chi connectivity index (χ0) is 12.1. The molecule has 0 heterocycles. The molecule has 1 amide bonds. The minimum atomic E-state index is -0.449. The Morgan fingerprint density at radius 2 is 1.80 bits per heavy atom. The van der Waals surface area contributed by atoms with Crippen molar-refractivity contribution in [3.05, 3.63) is 0 Å². The van der Waals surface area contributed by atoms with Crippen LogP contribution in [0.25, 0.3) is 0 Å². The molecule has 0 saturated heterocycles. The molecular formula is C10H24N4O. The first-order valence-electron chi connectivity index (χ1n) is 5.14. The average Bonchev–Trinajstić information content (AvgIpc) is 2.12. The number of carbonyl (C=O) groups is 1. The minimum absolute atomic E-state index is 0.126. The summed E-state index contributed by atoms with van der Waals surface area (Å²) in [5.74, 6) is 5.00. The van der Waals surface area contributed by atoms with Gasteiger partial charge in [-0.1, -0.05) is 0 Å². The molecule has 3 N–H and O–H groups in total. The molecule has 0 unspecified atom stereocenters. The van der Waals surface area contributed by atoms with Gasteiger partial charge < -0.3 is 9.80 Å². The lowest BCUT2D eigenvalue weighted by atomic mass is 9.92. The van der Waals surface area contributed by atoms with Crippen LogP contribution in [0, 0.1) is 5.41 Å². The van der Waals surface area contributed by atoms with Crippen LogP contribution in [0.2, 0.25) is 0 Å². The van der Waals surface area contributed by atoms with Crippen LogP contribution in [0.3, 0.4) is 0 Å². The van der Waals surface area contributed by atoms with E-state index in [0.29, 0.717) is 6.54 Å². The molecule has 0 aromatic heterocycles. The van der Waals surface area contributed by atoms with Crippen LogP contribution >= 0.6 is 0 Å². The summed E-state index contributed by atoms with van der Waals surface area (Å²) < 4.78 is 0. The standard InChI is InChI=1S/C10H24N4O/c1-10(2,9(15)12-11)8-14(5)7-6-13(3)4/h6-8,11H2,1-5H3,(H,12,15). The van der Waals surface area contributed by atoms with Gasteiger partial charge in [0.05, 0.1) is 5.41 Å². The van der Waals surface area contributed by atoms with Crippen molar-refractivity contribution in [3.8, 4) is 0 Å². The van der Waals surface area contributed by atoms with Crippen LogP contribution in [-0.2, 0) is 4.79 Å². The van der Waals surface area contributed by atoms with Crippen LogP contribution in [0.15, 0.2) is 0 Å². The average molecular weight is 216 g/mol. The molecule has 0 aliphatic rings. The van der Waals surface area contributed by atoms with E-state index in [1.165, 1.54) is 0 Å². The van der Waals surface area contributed by atoms with Gasteiger partial charge in [0.25, 0.3) is 0 Å². The van der Waals surface area contributed by atoms with Gasteiger partial charge in [0.1, 0.15) is 0 Å². The molecule has 0 aromatic rings. The predicted octanol–water partition coefficient (Wildman–Crippen LogP) is -0.504. The van der Waals surface area contributed by atoms with E-state index in [4.69, 9.17) is 5.84 Å². The Hall–Kier alpha value is -0.650. The van der Waals surface area contributed by atoms with Gasteiger partial charge in [-0.3, -0.25) is 10.2 Å². The van der Waals surface area contributed by atoms with Crippen LogP contribution in [-0.4, -0.2) is 56.5 Å². The Bertz CT molecular complexity index is 204. The fraction of sp³-hybridized carbons (Fsp3) is 0.900. The maximum atomic E-state index is 11.4. The van der Waals surface area contributed by atoms with Crippen LogP contribution in [0.1, 0.15) is 13.8 Å². The van der Waals surface area contributed by atoms with Gasteiger partial charge >= 0.3 is 0 Å². The number of nitrogens with zero attached hydrogens (tertiary/aromatic N) is 2. The first-order valence-corrected chi connectivity index (χ1v) is 5.14. The number of nitrogens with two attached hydrogens (primary N) is 1. The highest BCUT2D eigenvalue weighted by molar-refractivity contribution is 5.81. The molecule has 5 heteroatoms. The quantitative estimate of drug-likeness (QED) is 0.357. The zero-order valence-corrected chi connectivity index (χ0v) is 10.5. The summed E-state index contributed by atoms with van der Waals surface area (Å²) in [4.78, 5) is 15.7. The highest BCUT2D eigenvalue weighted by atomic mass is 16.2. The second kappa shape index (κ2) is 6.05. The smallest absolute Gasteiger partial charge is 0.240 e.